The summed E-state index contributed by atoms with van der Waals surface area (Å²) >= 11 is 0. The van der Waals surface area contributed by atoms with Crippen LogP contribution in [-0.2, 0) is 0 Å². The van der Waals surface area contributed by atoms with E-state index in [1.807, 2.05) is 12.3 Å². The molecule has 1 aromatic heterocycles. The largest absolute Gasteiger partial charge is 0.347 e. The fourth-order valence-electron chi connectivity index (χ4n) is 5.39. The van der Waals surface area contributed by atoms with Gasteiger partial charge in [-0.2, -0.15) is 5.26 Å². The second kappa shape index (κ2) is 9.15. The fourth-order valence-corrected chi connectivity index (χ4v) is 5.39. The molecule has 1 amide bonds. The summed E-state index contributed by atoms with van der Waals surface area (Å²) in [5.74, 6) is -0.0889. The molecule has 4 rings (SSSR count). The predicted molar refractivity (Wildman–Crippen MR) is 117 cm³/mol. The summed E-state index contributed by atoms with van der Waals surface area (Å²) in [7, 11) is 0. The van der Waals surface area contributed by atoms with Gasteiger partial charge in [-0.15, -0.1) is 0 Å². The molecule has 4 atom stereocenters. The van der Waals surface area contributed by atoms with Crippen molar-refractivity contribution in [2.45, 2.75) is 69.5 Å². The van der Waals surface area contributed by atoms with Gasteiger partial charge >= 0.3 is 0 Å². The average Bonchev–Trinajstić information content (AvgIpc) is 3.11. The third-order valence-corrected chi connectivity index (χ3v) is 6.97. The van der Waals surface area contributed by atoms with Gasteiger partial charge < -0.3 is 10.6 Å². The lowest BCUT2D eigenvalue weighted by atomic mass is 9.91. The summed E-state index contributed by atoms with van der Waals surface area (Å²) in [6, 6.07) is 10.5. The minimum atomic E-state index is -0.389. The molecule has 2 aliphatic rings. The van der Waals surface area contributed by atoms with E-state index in [0.29, 0.717) is 23.1 Å². The van der Waals surface area contributed by atoms with Gasteiger partial charge in [-0.1, -0.05) is 13.0 Å². The Morgan fingerprint density at radius 3 is 2.97 bits per heavy atom. The van der Waals surface area contributed by atoms with Crippen molar-refractivity contribution in [1.29, 1.82) is 5.26 Å². The van der Waals surface area contributed by atoms with Crippen molar-refractivity contribution in [3.63, 3.8) is 0 Å². The summed E-state index contributed by atoms with van der Waals surface area (Å²) in [6.07, 6.45) is 10.4. The monoisotopic (exact) mass is 420 g/mol. The molecule has 0 saturated heterocycles. The Hall–Kier alpha value is -2.78. The van der Waals surface area contributed by atoms with E-state index < -0.39 is 0 Å². The Morgan fingerprint density at radius 2 is 2.19 bits per heavy atom. The molecule has 0 aliphatic heterocycles. The van der Waals surface area contributed by atoms with E-state index in [-0.39, 0.29) is 23.3 Å². The van der Waals surface area contributed by atoms with E-state index in [4.69, 9.17) is 0 Å². The Labute approximate surface area is 183 Å². The number of nitrogens with one attached hydrogen (secondary N) is 2. The number of benzene rings is 1. The van der Waals surface area contributed by atoms with E-state index in [0.717, 1.165) is 50.5 Å². The Balaban J connectivity index is 1.44. The first kappa shape index (κ1) is 21.5. The second-order valence-electron chi connectivity index (χ2n) is 8.99. The number of amides is 1. The summed E-state index contributed by atoms with van der Waals surface area (Å²) in [5.41, 5.74) is 1.81. The number of carbonyl (C=O) groups is 1. The molecule has 162 valence electrons. The first-order valence-corrected chi connectivity index (χ1v) is 11.2. The molecule has 2 aliphatic carbocycles. The zero-order valence-electron chi connectivity index (χ0n) is 17.9. The summed E-state index contributed by atoms with van der Waals surface area (Å²) in [6.45, 7) is 2.14. The van der Waals surface area contributed by atoms with Crippen molar-refractivity contribution in [3.05, 3.63) is 65.2 Å². The van der Waals surface area contributed by atoms with Gasteiger partial charge in [0.25, 0.3) is 5.91 Å². The van der Waals surface area contributed by atoms with Gasteiger partial charge in [0.2, 0.25) is 0 Å². The van der Waals surface area contributed by atoms with Gasteiger partial charge in [-0.3, -0.25) is 9.78 Å². The van der Waals surface area contributed by atoms with Gasteiger partial charge in [-0.05, 0) is 80.7 Å². The lowest BCUT2D eigenvalue weighted by molar-refractivity contribution is 0.0893. The molecule has 2 saturated carbocycles. The summed E-state index contributed by atoms with van der Waals surface area (Å²) in [5, 5.41) is 16.3. The highest BCUT2D eigenvalue weighted by molar-refractivity contribution is 5.94. The molecule has 0 radical (unpaired) electrons. The zero-order chi connectivity index (χ0) is 21.8. The molecule has 0 spiro atoms. The zero-order valence-corrected chi connectivity index (χ0v) is 17.9. The number of nitrogens with zero attached hydrogens (tertiary/aromatic N) is 2. The molecular weight excluding hydrogens is 391 g/mol. The van der Waals surface area contributed by atoms with Crippen LogP contribution in [0.15, 0.2) is 42.7 Å². The van der Waals surface area contributed by atoms with E-state index in [9.17, 15) is 14.4 Å². The highest BCUT2D eigenvalue weighted by Gasteiger charge is 2.45. The molecule has 5 nitrogen and oxygen atoms in total. The first-order chi connectivity index (χ1) is 15.0. The average molecular weight is 421 g/mol. The lowest BCUT2D eigenvalue weighted by Gasteiger charge is -2.30. The minimum Gasteiger partial charge on any atom is -0.347 e. The fraction of sp³-hybridized carbons (Fsp3) is 0.480. The van der Waals surface area contributed by atoms with Gasteiger partial charge in [0.15, 0.2) is 0 Å². The number of hydrogen-bond acceptors (Lipinski definition) is 4. The number of rotatable bonds is 6. The van der Waals surface area contributed by atoms with Gasteiger partial charge in [-0.25, -0.2) is 4.39 Å². The summed E-state index contributed by atoms with van der Waals surface area (Å²) in [4.78, 5) is 17.0. The van der Waals surface area contributed by atoms with E-state index in [1.165, 1.54) is 12.1 Å². The molecule has 31 heavy (non-hydrogen) atoms. The molecule has 2 bridgehead atoms. The number of halogens is 1. The number of pyridine rings is 1. The maximum atomic E-state index is 13.5. The molecule has 4 unspecified atom stereocenters. The van der Waals surface area contributed by atoms with Crippen LogP contribution >= 0.6 is 0 Å². The predicted octanol–water partition coefficient (Wildman–Crippen LogP) is 4.65. The van der Waals surface area contributed by atoms with Gasteiger partial charge in [0.05, 0.1) is 5.56 Å². The van der Waals surface area contributed by atoms with Crippen LogP contribution in [0, 0.1) is 23.1 Å². The smallest absolute Gasteiger partial charge is 0.251 e. The highest BCUT2D eigenvalue weighted by atomic mass is 19.1. The topological polar surface area (TPSA) is 77.8 Å². The van der Waals surface area contributed by atoms with Crippen LogP contribution in [0.2, 0.25) is 0 Å². The number of aromatic nitrogens is 1. The quantitative estimate of drug-likeness (QED) is 0.713. The molecule has 2 N–H and O–H groups in total. The van der Waals surface area contributed by atoms with E-state index in [2.05, 4.69) is 28.6 Å². The molecule has 1 heterocycles. The first-order valence-electron chi connectivity index (χ1n) is 11.2. The van der Waals surface area contributed by atoms with Gasteiger partial charge in [0.1, 0.15) is 11.9 Å². The number of hydrogen-bond donors (Lipinski definition) is 2. The van der Waals surface area contributed by atoms with Crippen LogP contribution in [0.25, 0.3) is 0 Å². The molecule has 2 fully saturated rings. The normalized spacial score (nSPS) is 26.0. The molecular formula is C25H29FN4O. The Bertz CT molecular complexity index is 987. The number of nitriles is 1. The third kappa shape index (κ3) is 4.77. The molecule has 1 aromatic carbocycles. The van der Waals surface area contributed by atoms with Crippen LogP contribution in [0.4, 0.5) is 4.39 Å². The Morgan fingerprint density at radius 1 is 1.32 bits per heavy atom. The summed E-state index contributed by atoms with van der Waals surface area (Å²) < 4.78 is 13.5. The second-order valence-corrected chi connectivity index (χ2v) is 8.99. The van der Waals surface area contributed by atoms with Gasteiger partial charge in [0, 0.05) is 35.6 Å². The van der Waals surface area contributed by atoms with Crippen molar-refractivity contribution in [1.82, 2.24) is 15.6 Å². The minimum absolute atomic E-state index is 0.154. The Kier molecular flexibility index (Phi) is 6.33. The van der Waals surface area contributed by atoms with E-state index >= 15 is 0 Å². The maximum Gasteiger partial charge on any atom is 0.251 e. The van der Waals surface area contributed by atoms with Crippen LogP contribution in [-0.4, -0.2) is 22.5 Å². The SMILES string of the molecule is CCC(NC1CCCC2(NC(=O)c3cccc(F)c3)CCC1C2)c1cncc(C#N)c1. The van der Waals surface area contributed by atoms with Crippen LogP contribution in [0.3, 0.4) is 0 Å². The van der Waals surface area contributed by atoms with Crippen molar-refractivity contribution in [2.75, 3.05) is 0 Å². The van der Waals surface area contributed by atoms with Crippen LogP contribution in [0.1, 0.15) is 79.4 Å². The van der Waals surface area contributed by atoms with Crippen LogP contribution < -0.4 is 10.6 Å². The molecule has 6 heteroatoms. The lowest BCUT2D eigenvalue weighted by Crippen LogP contribution is -2.46. The van der Waals surface area contributed by atoms with Crippen molar-refractivity contribution >= 4 is 5.91 Å². The third-order valence-electron chi connectivity index (χ3n) is 6.97. The van der Waals surface area contributed by atoms with Crippen molar-refractivity contribution < 1.29 is 9.18 Å². The number of carbonyl (C=O) groups excluding carboxylic acids is 1. The highest BCUT2D eigenvalue weighted by Crippen LogP contribution is 2.44. The molecule has 2 aromatic rings. The van der Waals surface area contributed by atoms with Crippen LogP contribution in [0.5, 0.6) is 0 Å². The number of fused-ring (bicyclic) bond motifs is 2. The standard InChI is InChI=1S/C25H29FN4O/c1-2-22(20-11-17(14-27)15-28-16-20)29-23-7-4-9-25(10-8-19(23)13-25)30-24(31)18-5-3-6-21(26)12-18/h3,5-6,11-12,15-16,19,22-23,29H,2,4,7-10,13H2,1H3,(H,30,31). The van der Waals surface area contributed by atoms with Crippen molar-refractivity contribution in [3.8, 4) is 6.07 Å². The maximum absolute atomic E-state index is 13.5. The van der Waals surface area contributed by atoms with E-state index in [1.54, 1.807) is 18.3 Å². The van der Waals surface area contributed by atoms with Crippen molar-refractivity contribution in [2.24, 2.45) is 5.92 Å².